The van der Waals surface area contributed by atoms with Gasteiger partial charge in [-0.15, -0.1) is 0 Å². The second kappa shape index (κ2) is 7.89. The lowest BCUT2D eigenvalue weighted by atomic mass is 10.1. The normalized spacial score (nSPS) is 21.4. The zero-order valence-electron chi connectivity index (χ0n) is 18.4. The number of aliphatic hydroxyl groups excluding tert-OH is 1. The predicted molar refractivity (Wildman–Crippen MR) is 123 cm³/mol. The highest BCUT2D eigenvalue weighted by atomic mass is 16.3. The molecule has 0 radical (unpaired) electrons. The van der Waals surface area contributed by atoms with Gasteiger partial charge in [0.25, 0.3) is 0 Å². The molecular formula is C25H31N5O2+2. The lowest BCUT2D eigenvalue weighted by Gasteiger charge is -2.28. The van der Waals surface area contributed by atoms with Crippen molar-refractivity contribution in [3.05, 3.63) is 53.2 Å². The second-order valence-corrected chi connectivity index (χ2v) is 9.56. The van der Waals surface area contributed by atoms with Crippen LogP contribution in [0.5, 0.6) is 0 Å². The van der Waals surface area contributed by atoms with Crippen LogP contribution in [0.2, 0.25) is 0 Å². The highest BCUT2D eigenvalue weighted by molar-refractivity contribution is 5.91. The van der Waals surface area contributed by atoms with Crippen molar-refractivity contribution in [3.8, 4) is 0 Å². The van der Waals surface area contributed by atoms with E-state index in [1.165, 1.54) is 36.8 Å². The summed E-state index contributed by atoms with van der Waals surface area (Å²) in [5, 5.41) is 12.6. The fraction of sp³-hybridized carbons (Fsp3) is 0.480. The molecule has 4 fully saturated rings. The molecule has 0 spiro atoms. The lowest BCUT2D eigenvalue weighted by Crippen LogP contribution is -2.85. The Morgan fingerprint density at radius 2 is 1.75 bits per heavy atom. The number of hydrogen-bond donors (Lipinski definition) is 2. The average Bonchev–Trinajstić information content (AvgIpc) is 3.76. The number of piperazine rings is 1. The number of quaternary nitrogens is 1. The number of primary amides is 1. The van der Waals surface area contributed by atoms with Crippen LogP contribution in [-0.2, 0) is 0 Å². The van der Waals surface area contributed by atoms with Crippen molar-refractivity contribution in [3.63, 3.8) is 0 Å². The quantitative estimate of drug-likeness (QED) is 0.560. The predicted octanol–water partition coefficient (Wildman–Crippen LogP) is 2.18. The van der Waals surface area contributed by atoms with Gasteiger partial charge in [-0.1, -0.05) is 6.07 Å². The van der Waals surface area contributed by atoms with Crippen LogP contribution < -0.4 is 15.1 Å². The first-order valence-electron chi connectivity index (χ1n) is 12.0. The molecule has 32 heavy (non-hydrogen) atoms. The number of nitrogens with two attached hydrogens (primary N) is 1. The zero-order chi connectivity index (χ0) is 21.7. The van der Waals surface area contributed by atoms with Crippen molar-refractivity contribution < 1.29 is 19.8 Å². The molecule has 3 heterocycles. The molecule has 4 aliphatic rings. The third-order valence-corrected chi connectivity index (χ3v) is 7.24. The lowest BCUT2D eigenvalue weighted by molar-refractivity contribution is -0.538. The molecule has 2 amide bonds. The average molecular weight is 434 g/mol. The number of rotatable bonds is 5. The summed E-state index contributed by atoms with van der Waals surface area (Å²) in [5.41, 5.74) is 4.56. The maximum atomic E-state index is 11.9. The third-order valence-electron chi connectivity index (χ3n) is 7.24. The van der Waals surface area contributed by atoms with E-state index in [1.54, 1.807) is 10.2 Å². The Labute approximate surface area is 188 Å². The van der Waals surface area contributed by atoms with E-state index in [9.17, 15) is 9.90 Å². The van der Waals surface area contributed by atoms with Crippen molar-refractivity contribution >= 4 is 23.4 Å². The van der Waals surface area contributed by atoms with E-state index in [4.69, 9.17) is 4.98 Å². The summed E-state index contributed by atoms with van der Waals surface area (Å²) in [6.07, 6.45) is 7.29. The molecule has 7 nitrogen and oxygen atoms in total. The molecular weight excluding hydrogens is 402 g/mol. The number of urea groups is 1. The first-order chi connectivity index (χ1) is 15.7. The standard InChI is InChI=1S/C25H29N5O2/c31-24(19-5-7-21(8-6-19)30-10-9-26-25(30)32)29-13-11-28(12-14-29)23-22(18-3-4-18)15-20(16-27-23)17-1-2-17/h5-8,15-18H,1-4,9-14H2,(H,26,32)/p+2. The molecule has 0 unspecified atom stereocenters. The smallest absolute Gasteiger partial charge is 0.420 e. The van der Waals surface area contributed by atoms with Gasteiger partial charge < -0.3 is 10.0 Å². The number of aliphatic hydroxyl groups is 1. The number of benzene rings is 1. The fourth-order valence-corrected chi connectivity index (χ4v) is 4.99. The van der Waals surface area contributed by atoms with Gasteiger partial charge in [0, 0.05) is 11.9 Å². The largest absolute Gasteiger partial charge is 0.460 e. The summed E-state index contributed by atoms with van der Waals surface area (Å²) in [5.74, 6) is 2.90. The number of nitrogens with zero attached hydrogens (tertiary/aromatic N) is 4. The SMILES string of the molecule is O=C1[NH2+]CCN1c1ccc(C(O)=[N+]2CCN(c3ncc(C4CC4)cc3C3CC3)CC2)cc1. The minimum Gasteiger partial charge on any atom is -0.460 e. The van der Waals surface area contributed by atoms with Gasteiger partial charge in [0.15, 0.2) is 13.1 Å². The van der Waals surface area contributed by atoms with Gasteiger partial charge in [-0.05, 0) is 72.9 Å². The topological polar surface area (TPSA) is 76.3 Å². The Morgan fingerprint density at radius 3 is 2.38 bits per heavy atom. The zero-order valence-corrected chi connectivity index (χ0v) is 18.4. The van der Waals surface area contributed by atoms with Crippen molar-refractivity contribution in [2.45, 2.75) is 37.5 Å². The first kappa shape index (κ1) is 19.7. The highest BCUT2D eigenvalue weighted by Gasteiger charge is 2.34. The number of aromatic nitrogens is 1. The van der Waals surface area contributed by atoms with Gasteiger partial charge in [-0.25, -0.2) is 9.78 Å². The monoisotopic (exact) mass is 433 g/mol. The number of carbonyl (C=O) groups is 1. The molecule has 1 aromatic heterocycles. The number of hydrogen-bond acceptors (Lipinski definition) is 3. The molecule has 0 bridgehead atoms. The van der Waals surface area contributed by atoms with E-state index >= 15 is 0 Å². The molecule has 6 rings (SSSR count). The molecule has 2 saturated heterocycles. The number of pyridine rings is 1. The van der Waals surface area contributed by atoms with Crippen molar-refractivity contribution in [2.24, 2.45) is 0 Å². The molecule has 3 N–H and O–H groups in total. The minimum absolute atomic E-state index is 0.0615. The van der Waals surface area contributed by atoms with E-state index in [0.717, 1.165) is 62.3 Å². The van der Waals surface area contributed by atoms with Crippen LogP contribution in [0, 0.1) is 0 Å². The van der Waals surface area contributed by atoms with Crippen LogP contribution in [0.4, 0.5) is 16.3 Å². The van der Waals surface area contributed by atoms with Gasteiger partial charge in [0.1, 0.15) is 12.4 Å². The highest BCUT2D eigenvalue weighted by Crippen LogP contribution is 2.47. The number of amides is 2. The molecule has 166 valence electrons. The maximum Gasteiger partial charge on any atom is 0.420 e. The van der Waals surface area contributed by atoms with E-state index in [1.807, 2.05) is 24.3 Å². The molecule has 1 aromatic carbocycles. The van der Waals surface area contributed by atoms with E-state index < -0.39 is 0 Å². The van der Waals surface area contributed by atoms with Crippen LogP contribution in [0.1, 0.15) is 54.2 Å². The first-order valence-corrected chi connectivity index (χ1v) is 12.0. The van der Waals surface area contributed by atoms with E-state index in [2.05, 4.69) is 21.7 Å². The van der Waals surface area contributed by atoms with Gasteiger partial charge in [0.2, 0.25) is 0 Å². The summed E-state index contributed by atoms with van der Waals surface area (Å²) in [7, 11) is 0. The molecule has 2 aliphatic carbocycles. The van der Waals surface area contributed by atoms with E-state index in [-0.39, 0.29) is 6.03 Å². The molecule has 2 aliphatic heterocycles. The van der Waals surface area contributed by atoms with Crippen LogP contribution in [-0.4, -0.2) is 65.9 Å². The van der Waals surface area contributed by atoms with Crippen molar-refractivity contribution in [2.75, 3.05) is 49.1 Å². The van der Waals surface area contributed by atoms with Crippen LogP contribution >= 0.6 is 0 Å². The summed E-state index contributed by atoms with van der Waals surface area (Å²) in [6.45, 7) is 4.77. The Bertz CT molecular complexity index is 1060. The van der Waals surface area contributed by atoms with Crippen LogP contribution in [0.25, 0.3) is 0 Å². The summed E-state index contributed by atoms with van der Waals surface area (Å²) >= 11 is 0. The Morgan fingerprint density at radius 1 is 1.03 bits per heavy atom. The van der Waals surface area contributed by atoms with Gasteiger partial charge in [0.05, 0.1) is 25.2 Å². The van der Waals surface area contributed by atoms with E-state index in [0.29, 0.717) is 11.8 Å². The minimum atomic E-state index is 0.0615. The summed E-state index contributed by atoms with van der Waals surface area (Å²) in [4.78, 5) is 21.0. The Kier molecular flexibility index (Phi) is 4.86. The third kappa shape index (κ3) is 3.75. The van der Waals surface area contributed by atoms with Gasteiger partial charge in [-0.2, -0.15) is 4.58 Å². The molecule has 7 heteroatoms. The van der Waals surface area contributed by atoms with Crippen LogP contribution in [0.3, 0.4) is 0 Å². The van der Waals surface area contributed by atoms with Crippen LogP contribution in [0.15, 0.2) is 36.5 Å². The van der Waals surface area contributed by atoms with Gasteiger partial charge in [-0.3, -0.25) is 10.2 Å². The molecule has 2 aromatic rings. The van der Waals surface area contributed by atoms with Gasteiger partial charge >= 0.3 is 11.9 Å². The molecule has 2 saturated carbocycles. The Hall–Kier alpha value is -2.93. The number of anilines is 2. The number of carbonyl (C=O) groups excluding carboxylic acids is 1. The van der Waals surface area contributed by atoms with Crippen molar-refractivity contribution in [1.29, 1.82) is 0 Å². The summed E-state index contributed by atoms with van der Waals surface area (Å²) in [6, 6.07) is 10.2. The van der Waals surface area contributed by atoms with Crippen molar-refractivity contribution in [1.82, 2.24) is 4.98 Å². The second-order valence-electron chi connectivity index (χ2n) is 9.56. The molecule has 0 atom stereocenters. The fourth-order valence-electron chi connectivity index (χ4n) is 4.99. The Balaban J connectivity index is 1.16. The summed E-state index contributed by atoms with van der Waals surface area (Å²) < 4.78 is 2.05. The maximum absolute atomic E-state index is 11.9.